The Labute approximate surface area is 158 Å². The van der Waals surface area contributed by atoms with Crippen LogP contribution in [0.15, 0.2) is 6.20 Å². The van der Waals surface area contributed by atoms with E-state index in [0.717, 1.165) is 5.69 Å². The first-order chi connectivity index (χ1) is 12.6. The minimum atomic E-state index is -0.702. The molecule has 1 aromatic rings. The van der Waals surface area contributed by atoms with E-state index in [1.54, 1.807) is 15.7 Å². The number of aromatic nitrogens is 2. The highest BCUT2D eigenvalue weighted by Crippen LogP contribution is 2.27. The number of nitrogens with one attached hydrogen (secondary N) is 1. The highest BCUT2D eigenvalue weighted by atomic mass is 16.2. The zero-order chi connectivity index (χ0) is 19.9. The van der Waals surface area contributed by atoms with Crippen molar-refractivity contribution in [1.82, 2.24) is 24.7 Å². The summed E-state index contributed by atoms with van der Waals surface area (Å²) in [6.07, 6.45) is 3.17. The quantitative estimate of drug-likeness (QED) is 0.821. The van der Waals surface area contributed by atoms with Gasteiger partial charge in [-0.3, -0.25) is 9.36 Å². The number of hydrogen-bond donors (Lipinski definition) is 2. The standard InChI is InChI=1S/C18H28N6O3/c1-11-20-9-13-10-23(17(27)24(11)13)12-5-7-22(8-6-12)15(25)14(18(2,3)4)21-16(19)26/h9,12,14H,5-8,10H2,1-4H3,(H3,19,21,26)/t14-/m0/s1. The molecule has 0 aliphatic carbocycles. The molecule has 148 valence electrons. The average Bonchev–Trinajstić information content (AvgIpc) is 3.12. The molecular formula is C18H28N6O3. The van der Waals surface area contributed by atoms with Crippen LogP contribution in [-0.4, -0.2) is 62.5 Å². The number of hydrogen-bond acceptors (Lipinski definition) is 4. The summed E-state index contributed by atoms with van der Waals surface area (Å²) in [4.78, 5) is 44.7. The predicted octanol–water partition coefficient (Wildman–Crippen LogP) is 1.05. The molecule has 2 aliphatic heterocycles. The van der Waals surface area contributed by atoms with E-state index in [1.807, 2.05) is 32.6 Å². The fourth-order valence-electron chi connectivity index (χ4n) is 3.89. The lowest BCUT2D eigenvalue weighted by Gasteiger charge is -2.40. The maximum atomic E-state index is 12.9. The number of carbonyl (C=O) groups excluding carboxylic acids is 3. The number of primary amides is 1. The van der Waals surface area contributed by atoms with Gasteiger partial charge in [-0.05, 0) is 25.2 Å². The number of aryl methyl sites for hydroxylation is 1. The number of urea groups is 1. The summed E-state index contributed by atoms with van der Waals surface area (Å²) >= 11 is 0. The molecule has 1 fully saturated rings. The summed E-state index contributed by atoms with van der Waals surface area (Å²) in [6, 6.07) is -1.31. The Morgan fingerprint density at radius 2 is 1.93 bits per heavy atom. The second-order valence-electron chi connectivity index (χ2n) is 8.41. The van der Waals surface area contributed by atoms with Crippen molar-refractivity contribution in [3.05, 3.63) is 17.7 Å². The van der Waals surface area contributed by atoms with Gasteiger partial charge in [0.1, 0.15) is 11.9 Å². The second-order valence-corrected chi connectivity index (χ2v) is 8.41. The van der Waals surface area contributed by atoms with Crippen LogP contribution in [-0.2, 0) is 11.3 Å². The second kappa shape index (κ2) is 6.86. The van der Waals surface area contributed by atoms with Gasteiger partial charge in [-0.2, -0.15) is 0 Å². The summed E-state index contributed by atoms with van der Waals surface area (Å²) in [7, 11) is 0. The van der Waals surface area contributed by atoms with Crippen molar-refractivity contribution in [2.45, 2.75) is 59.2 Å². The molecular weight excluding hydrogens is 348 g/mol. The molecule has 0 aromatic carbocycles. The molecule has 0 bridgehead atoms. The number of rotatable bonds is 3. The third-order valence-corrected chi connectivity index (χ3v) is 5.40. The van der Waals surface area contributed by atoms with Crippen LogP contribution in [0.5, 0.6) is 0 Å². The van der Waals surface area contributed by atoms with Crippen LogP contribution in [0.2, 0.25) is 0 Å². The van der Waals surface area contributed by atoms with Gasteiger partial charge in [0.05, 0.1) is 18.4 Å². The SMILES string of the molecule is Cc1ncc2n1C(=O)N(C1CCN(C(=O)[C@H](NC(N)=O)C(C)(C)C)CC1)C2. The third kappa shape index (κ3) is 3.63. The maximum absolute atomic E-state index is 12.9. The number of amides is 4. The van der Waals surface area contributed by atoms with Crippen LogP contribution in [0, 0.1) is 12.3 Å². The number of nitrogens with zero attached hydrogens (tertiary/aromatic N) is 4. The van der Waals surface area contributed by atoms with Crippen molar-refractivity contribution in [3.8, 4) is 0 Å². The van der Waals surface area contributed by atoms with Crippen molar-refractivity contribution in [3.63, 3.8) is 0 Å². The summed E-state index contributed by atoms with van der Waals surface area (Å²) < 4.78 is 1.66. The Kier molecular flexibility index (Phi) is 4.88. The van der Waals surface area contributed by atoms with E-state index in [1.165, 1.54) is 0 Å². The van der Waals surface area contributed by atoms with Crippen LogP contribution in [0.25, 0.3) is 0 Å². The fraction of sp³-hybridized carbons (Fsp3) is 0.667. The number of likely N-dealkylation sites (tertiary alicyclic amines) is 1. The van der Waals surface area contributed by atoms with Gasteiger partial charge in [-0.25, -0.2) is 14.6 Å². The van der Waals surface area contributed by atoms with Crippen molar-refractivity contribution < 1.29 is 14.4 Å². The van der Waals surface area contributed by atoms with Gasteiger partial charge in [0.25, 0.3) is 0 Å². The van der Waals surface area contributed by atoms with E-state index in [-0.39, 0.29) is 18.0 Å². The van der Waals surface area contributed by atoms with Gasteiger partial charge in [0.2, 0.25) is 5.91 Å². The minimum Gasteiger partial charge on any atom is -0.352 e. The normalized spacial score (nSPS) is 19.2. The molecule has 0 spiro atoms. The third-order valence-electron chi connectivity index (χ3n) is 5.40. The number of piperidine rings is 1. The molecule has 3 heterocycles. The molecule has 1 aromatic heterocycles. The molecule has 2 aliphatic rings. The summed E-state index contributed by atoms with van der Waals surface area (Å²) in [5.41, 5.74) is 5.72. The van der Waals surface area contributed by atoms with Gasteiger partial charge >= 0.3 is 12.1 Å². The van der Waals surface area contributed by atoms with E-state index in [9.17, 15) is 14.4 Å². The van der Waals surface area contributed by atoms with Crippen LogP contribution >= 0.6 is 0 Å². The average molecular weight is 376 g/mol. The summed E-state index contributed by atoms with van der Waals surface area (Å²) in [5, 5.41) is 2.58. The Balaban J connectivity index is 1.63. The zero-order valence-corrected chi connectivity index (χ0v) is 16.4. The lowest BCUT2D eigenvalue weighted by Crippen LogP contribution is -2.58. The Bertz CT molecular complexity index is 758. The van der Waals surface area contributed by atoms with Crippen molar-refractivity contribution >= 4 is 18.0 Å². The van der Waals surface area contributed by atoms with Gasteiger partial charge in [-0.1, -0.05) is 20.8 Å². The van der Waals surface area contributed by atoms with E-state index in [0.29, 0.717) is 38.3 Å². The topological polar surface area (TPSA) is 114 Å². The first-order valence-electron chi connectivity index (χ1n) is 9.28. The first kappa shape index (κ1) is 19.2. The maximum Gasteiger partial charge on any atom is 0.330 e. The minimum absolute atomic E-state index is 0.0345. The molecule has 0 radical (unpaired) electrons. The lowest BCUT2D eigenvalue weighted by molar-refractivity contribution is -0.137. The predicted molar refractivity (Wildman–Crippen MR) is 98.9 cm³/mol. The molecule has 0 saturated carbocycles. The first-order valence-corrected chi connectivity index (χ1v) is 9.28. The molecule has 1 saturated heterocycles. The van der Waals surface area contributed by atoms with Crippen molar-refractivity contribution in [2.75, 3.05) is 13.1 Å². The molecule has 0 unspecified atom stereocenters. The Morgan fingerprint density at radius 1 is 1.30 bits per heavy atom. The van der Waals surface area contributed by atoms with Gasteiger partial charge in [0.15, 0.2) is 0 Å². The van der Waals surface area contributed by atoms with Gasteiger partial charge in [-0.15, -0.1) is 0 Å². The number of imidazole rings is 1. The molecule has 9 heteroatoms. The largest absolute Gasteiger partial charge is 0.352 e. The molecule has 3 rings (SSSR count). The highest BCUT2D eigenvalue weighted by molar-refractivity contribution is 5.87. The van der Waals surface area contributed by atoms with Crippen LogP contribution in [0.4, 0.5) is 9.59 Å². The van der Waals surface area contributed by atoms with E-state index >= 15 is 0 Å². The highest BCUT2D eigenvalue weighted by Gasteiger charge is 2.39. The monoisotopic (exact) mass is 376 g/mol. The molecule has 3 N–H and O–H groups in total. The Hall–Kier alpha value is -2.58. The van der Waals surface area contributed by atoms with E-state index in [2.05, 4.69) is 10.3 Å². The van der Waals surface area contributed by atoms with Gasteiger partial charge in [0, 0.05) is 19.1 Å². The molecule has 9 nitrogen and oxygen atoms in total. The Morgan fingerprint density at radius 3 is 2.44 bits per heavy atom. The number of carbonyl (C=O) groups is 3. The number of fused-ring (bicyclic) bond motifs is 1. The van der Waals surface area contributed by atoms with Crippen molar-refractivity contribution in [1.29, 1.82) is 0 Å². The van der Waals surface area contributed by atoms with Crippen LogP contribution in [0.1, 0.15) is 45.1 Å². The van der Waals surface area contributed by atoms with Crippen LogP contribution in [0.3, 0.4) is 0 Å². The number of nitrogens with two attached hydrogens (primary N) is 1. The molecule has 4 amide bonds. The summed E-state index contributed by atoms with van der Waals surface area (Å²) in [6.45, 7) is 9.17. The smallest absolute Gasteiger partial charge is 0.330 e. The summed E-state index contributed by atoms with van der Waals surface area (Å²) in [5.74, 6) is 0.578. The van der Waals surface area contributed by atoms with Crippen molar-refractivity contribution in [2.24, 2.45) is 11.1 Å². The lowest BCUT2D eigenvalue weighted by atomic mass is 9.85. The van der Waals surface area contributed by atoms with Crippen LogP contribution < -0.4 is 11.1 Å². The van der Waals surface area contributed by atoms with E-state index < -0.39 is 17.5 Å². The fourth-order valence-corrected chi connectivity index (χ4v) is 3.89. The zero-order valence-electron chi connectivity index (χ0n) is 16.4. The molecule has 27 heavy (non-hydrogen) atoms. The van der Waals surface area contributed by atoms with E-state index in [4.69, 9.17) is 5.73 Å². The van der Waals surface area contributed by atoms with Gasteiger partial charge < -0.3 is 20.9 Å². The molecule has 1 atom stereocenters.